The molecule has 6 aromatic carbocycles. The van der Waals surface area contributed by atoms with E-state index in [2.05, 4.69) is 157 Å². The lowest BCUT2D eigenvalue weighted by Crippen LogP contribution is -2.28. The number of fused-ring (bicyclic) bond motifs is 5. The van der Waals surface area contributed by atoms with Crippen LogP contribution in [0.25, 0.3) is 55.4 Å². The Hall–Kier alpha value is -5.73. The fourth-order valence-electron chi connectivity index (χ4n) is 7.21. The maximum absolute atomic E-state index is 6.47. The maximum Gasteiger partial charge on any atom is 0.135 e. The second-order valence-electron chi connectivity index (χ2n) is 11.6. The average molecular weight is 562 g/mol. The Bertz CT molecular complexity index is 2290. The molecule has 0 bridgehead atoms. The van der Waals surface area contributed by atoms with Gasteiger partial charge in [-0.15, -0.1) is 0 Å². The minimum Gasteiger partial charge on any atom is -0.456 e. The summed E-state index contributed by atoms with van der Waals surface area (Å²) in [7, 11) is 0. The van der Waals surface area contributed by atoms with Crippen LogP contribution in [0.1, 0.15) is 22.3 Å². The Kier molecular flexibility index (Phi) is 5.45. The smallest absolute Gasteiger partial charge is 0.135 e. The number of nitrogens with zero attached hydrogens (tertiary/aromatic N) is 1. The van der Waals surface area contributed by atoms with Crippen LogP contribution in [0.4, 0.5) is 0 Å². The molecule has 0 atom stereocenters. The standard InChI is InChI=1S/C42H27NO/c1-3-11-33(12-4-1)42(34-13-5-2-6-14-34)37-16-8-7-15-35(37)36-21-19-28(25-38(36)42)29-17-18-32-27-41(44-40(32)26-29)31-20-22-39-30(24-31)10-9-23-43-39/h1-27H. The summed E-state index contributed by atoms with van der Waals surface area (Å²) in [6.45, 7) is 0. The summed E-state index contributed by atoms with van der Waals surface area (Å²) in [5.41, 5.74) is 12.5. The van der Waals surface area contributed by atoms with Crippen molar-refractivity contribution in [2.45, 2.75) is 5.41 Å². The molecule has 2 nitrogen and oxygen atoms in total. The number of hydrogen-bond acceptors (Lipinski definition) is 2. The van der Waals surface area contributed by atoms with Crippen molar-refractivity contribution in [1.29, 1.82) is 0 Å². The zero-order valence-corrected chi connectivity index (χ0v) is 23.9. The second kappa shape index (κ2) is 9.65. The van der Waals surface area contributed by atoms with Crippen molar-refractivity contribution in [3.8, 4) is 33.6 Å². The Balaban J connectivity index is 1.22. The highest BCUT2D eigenvalue weighted by molar-refractivity contribution is 5.92. The van der Waals surface area contributed by atoms with E-state index in [-0.39, 0.29) is 0 Å². The SMILES string of the molecule is c1ccc(C2(c3ccccc3)c3ccccc3-c3ccc(-c4ccc5cc(-c6ccc7ncccc7c6)oc5c4)cc32)cc1. The molecule has 0 saturated carbocycles. The largest absolute Gasteiger partial charge is 0.456 e. The van der Waals surface area contributed by atoms with Gasteiger partial charge in [-0.3, -0.25) is 4.98 Å². The van der Waals surface area contributed by atoms with E-state index in [0.717, 1.165) is 38.8 Å². The third kappa shape index (κ3) is 3.64. The first-order valence-electron chi connectivity index (χ1n) is 15.0. The Morgan fingerprint density at radius 1 is 0.455 bits per heavy atom. The number of benzene rings is 6. The monoisotopic (exact) mass is 561 g/mol. The van der Waals surface area contributed by atoms with Gasteiger partial charge in [-0.2, -0.15) is 0 Å². The number of furan rings is 1. The lowest BCUT2D eigenvalue weighted by Gasteiger charge is -2.34. The summed E-state index contributed by atoms with van der Waals surface area (Å²) in [5.74, 6) is 0.861. The minimum atomic E-state index is -0.419. The summed E-state index contributed by atoms with van der Waals surface area (Å²) in [4.78, 5) is 4.46. The molecule has 1 aliphatic rings. The highest BCUT2D eigenvalue weighted by Gasteiger charge is 2.46. The molecular formula is C42H27NO. The molecule has 0 fully saturated rings. The molecule has 1 aliphatic carbocycles. The van der Waals surface area contributed by atoms with Crippen molar-refractivity contribution in [3.05, 3.63) is 186 Å². The lowest BCUT2D eigenvalue weighted by molar-refractivity contribution is 0.632. The van der Waals surface area contributed by atoms with Gasteiger partial charge >= 0.3 is 0 Å². The van der Waals surface area contributed by atoms with E-state index in [9.17, 15) is 0 Å². The third-order valence-corrected chi connectivity index (χ3v) is 9.20. The van der Waals surface area contributed by atoms with Gasteiger partial charge in [0.1, 0.15) is 11.3 Å². The molecule has 0 spiro atoms. The van der Waals surface area contributed by atoms with Crippen LogP contribution < -0.4 is 0 Å². The van der Waals surface area contributed by atoms with E-state index in [1.54, 1.807) is 0 Å². The molecule has 8 aromatic rings. The van der Waals surface area contributed by atoms with Gasteiger partial charge in [-0.25, -0.2) is 0 Å². The van der Waals surface area contributed by atoms with Crippen LogP contribution in [-0.2, 0) is 5.41 Å². The summed E-state index contributed by atoms with van der Waals surface area (Å²) in [5, 5.41) is 2.19. The summed E-state index contributed by atoms with van der Waals surface area (Å²) in [6.07, 6.45) is 1.83. The van der Waals surface area contributed by atoms with Crippen molar-refractivity contribution in [3.63, 3.8) is 0 Å². The molecule has 0 radical (unpaired) electrons. The molecule has 0 unspecified atom stereocenters. The van der Waals surface area contributed by atoms with Crippen LogP contribution in [0.5, 0.6) is 0 Å². The molecule has 0 aliphatic heterocycles. The van der Waals surface area contributed by atoms with Gasteiger partial charge in [0.05, 0.1) is 10.9 Å². The quantitative estimate of drug-likeness (QED) is 0.214. The van der Waals surface area contributed by atoms with E-state index in [4.69, 9.17) is 4.42 Å². The fraction of sp³-hybridized carbons (Fsp3) is 0.0238. The van der Waals surface area contributed by atoms with E-state index in [0.29, 0.717) is 0 Å². The molecule has 0 amide bonds. The van der Waals surface area contributed by atoms with E-state index < -0.39 is 5.41 Å². The predicted molar refractivity (Wildman–Crippen MR) is 180 cm³/mol. The third-order valence-electron chi connectivity index (χ3n) is 9.20. The average Bonchev–Trinajstić information content (AvgIpc) is 3.66. The van der Waals surface area contributed by atoms with Crippen molar-refractivity contribution in [2.75, 3.05) is 0 Å². The van der Waals surface area contributed by atoms with Gasteiger partial charge < -0.3 is 4.42 Å². The molecule has 9 rings (SSSR count). The highest BCUT2D eigenvalue weighted by Crippen LogP contribution is 2.56. The van der Waals surface area contributed by atoms with E-state index in [1.165, 1.54) is 38.9 Å². The van der Waals surface area contributed by atoms with Crippen LogP contribution in [0, 0.1) is 0 Å². The van der Waals surface area contributed by atoms with Crippen molar-refractivity contribution in [1.82, 2.24) is 4.98 Å². The second-order valence-corrected chi connectivity index (χ2v) is 11.6. The van der Waals surface area contributed by atoms with Gasteiger partial charge in [0.2, 0.25) is 0 Å². The van der Waals surface area contributed by atoms with E-state index in [1.807, 2.05) is 12.3 Å². The summed E-state index contributed by atoms with van der Waals surface area (Å²) < 4.78 is 6.47. The maximum atomic E-state index is 6.47. The Morgan fingerprint density at radius 2 is 1.14 bits per heavy atom. The van der Waals surface area contributed by atoms with Crippen LogP contribution in [0.15, 0.2) is 168 Å². The molecule has 206 valence electrons. The first kappa shape index (κ1) is 24.8. The number of aromatic nitrogens is 1. The molecule has 2 heterocycles. The van der Waals surface area contributed by atoms with Crippen molar-refractivity contribution in [2.24, 2.45) is 0 Å². The zero-order valence-electron chi connectivity index (χ0n) is 23.9. The molecule has 0 saturated heterocycles. The molecular weight excluding hydrogens is 534 g/mol. The van der Waals surface area contributed by atoms with Crippen LogP contribution in [0.3, 0.4) is 0 Å². The van der Waals surface area contributed by atoms with Gasteiger partial charge in [0, 0.05) is 22.5 Å². The zero-order chi connectivity index (χ0) is 29.1. The van der Waals surface area contributed by atoms with Crippen molar-refractivity contribution < 1.29 is 4.42 Å². The minimum absolute atomic E-state index is 0.419. The Morgan fingerprint density at radius 3 is 1.95 bits per heavy atom. The fourth-order valence-corrected chi connectivity index (χ4v) is 7.21. The van der Waals surface area contributed by atoms with Crippen LogP contribution in [-0.4, -0.2) is 4.98 Å². The van der Waals surface area contributed by atoms with Gasteiger partial charge in [-0.1, -0.05) is 115 Å². The predicted octanol–water partition coefficient (Wildman–Crippen LogP) is 10.7. The van der Waals surface area contributed by atoms with Gasteiger partial charge in [0.25, 0.3) is 0 Å². The Labute approximate surface area is 255 Å². The van der Waals surface area contributed by atoms with Crippen LogP contribution in [0.2, 0.25) is 0 Å². The number of rotatable bonds is 4. The molecule has 44 heavy (non-hydrogen) atoms. The highest BCUT2D eigenvalue weighted by atomic mass is 16.3. The molecule has 2 heteroatoms. The first-order valence-corrected chi connectivity index (χ1v) is 15.0. The molecule has 2 aromatic heterocycles. The summed E-state index contributed by atoms with van der Waals surface area (Å²) in [6, 6.07) is 56.7. The number of hydrogen-bond donors (Lipinski definition) is 0. The van der Waals surface area contributed by atoms with E-state index >= 15 is 0 Å². The first-order chi connectivity index (χ1) is 21.8. The van der Waals surface area contributed by atoms with Crippen LogP contribution >= 0.6 is 0 Å². The summed E-state index contributed by atoms with van der Waals surface area (Å²) >= 11 is 0. The van der Waals surface area contributed by atoms with Crippen molar-refractivity contribution >= 4 is 21.9 Å². The van der Waals surface area contributed by atoms with Gasteiger partial charge in [0.15, 0.2) is 0 Å². The normalized spacial score (nSPS) is 13.2. The molecule has 0 N–H and O–H groups in total. The lowest BCUT2D eigenvalue weighted by atomic mass is 9.67. The number of pyridine rings is 1. The topological polar surface area (TPSA) is 26.0 Å². The van der Waals surface area contributed by atoms with Gasteiger partial charge in [-0.05, 0) is 87.0 Å².